The molecule has 1 rings (SSSR count). The molecule has 12 heavy (non-hydrogen) atoms. The van der Waals surface area contributed by atoms with Crippen LogP contribution in [0.5, 0.6) is 0 Å². The van der Waals surface area contributed by atoms with E-state index < -0.39 is 0 Å². The highest BCUT2D eigenvalue weighted by molar-refractivity contribution is 4.79. The molecule has 0 spiro atoms. The summed E-state index contributed by atoms with van der Waals surface area (Å²) in [5, 5.41) is 9.27. The molecule has 0 aromatic heterocycles. The van der Waals surface area contributed by atoms with E-state index in [9.17, 15) is 5.11 Å². The molecule has 2 heteroatoms. The zero-order valence-electron chi connectivity index (χ0n) is 8.29. The van der Waals surface area contributed by atoms with Crippen LogP contribution >= 0.6 is 0 Å². The van der Waals surface area contributed by atoms with Crippen LogP contribution in [0.25, 0.3) is 0 Å². The first-order valence-corrected chi connectivity index (χ1v) is 5.16. The van der Waals surface area contributed by atoms with Crippen LogP contribution in [-0.2, 0) is 0 Å². The molecule has 0 aliphatic carbocycles. The molecule has 0 radical (unpaired) electrons. The van der Waals surface area contributed by atoms with Crippen molar-refractivity contribution in [1.29, 1.82) is 0 Å². The molecule has 0 aromatic carbocycles. The van der Waals surface area contributed by atoms with Gasteiger partial charge in [0.25, 0.3) is 0 Å². The number of hydrogen-bond donors (Lipinski definition) is 1. The second kappa shape index (κ2) is 4.83. The largest absolute Gasteiger partial charge is 0.393 e. The van der Waals surface area contributed by atoms with Crippen LogP contribution in [0.2, 0.25) is 0 Å². The molecule has 1 N–H and O–H groups in total. The average molecular weight is 171 g/mol. The molecule has 2 unspecified atom stereocenters. The summed E-state index contributed by atoms with van der Waals surface area (Å²) >= 11 is 0. The minimum absolute atomic E-state index is 0.132. The van der Waals surface area contributed by atoms with Crippen LogP contribution in [0.1, 0.15) is 39.5 Å². The fourth-order valence-electron chi connectivity index (χ4n) is 2.14. The van der Waals surface area contributed by atoms with Crippen molar-refractivity contribution in [2.45, 2.75) is 51.7 Å². The summed E-state index contributed by atoms with van der Waals surface area (Å²) in [7, 11) is 0. The van der Waals surface area contributed by atoms with Gasteiger partial charge in [-0.2, -0.15) is 0 Å². The van der Waals surface area contributed by atoms with Crippen LogP contribution in [0.3, 0.4) is 0 Å². The molecule has 0 bridgehead atoms. The Balaban J connectivity index is 2.30. The summed E-state index contributed by atoms with van der Waals surface area (Å²) in [6, 6.07) is 0.657. The molecule has 0 amide bonds. The summed E-state index contributed by atoms with van der Waals surface area (Å²) in [5.74, 6) is 0. The van der Waals surface area contributed by atoms with Gasteiger partial charge in [-0.1, -0.05) is 6.92 Å². The number of hydrogen-bond acceptors (Lipinski definition) is 2. The zero-order valence-corrected chi connectivity index (χ0v) is 8.29. The Morgan fingerprint density at radius 2 is 2.33 bits per heavy atom. The lowest BCUT2D eigenvalue weighted by Gasteiger charge is -2.24. The van der Waals surface area contributed by atoms with E-state index in [4.69, 9.17) is 0 Å². The first-order chi connectivity index (χ1) is 5.74. The van der Waals surface area contributed by atoms with Crippen molar-refractivity contribution in [1.82, 2.24) is 4.90 Å². The van der Waals surface area contributed by atoms with Gasteiger partial charge in [0.15, 0.2) is 0 Å². The number of nitrogens with zero attached hydrogens (tertiary/aromatic N) is 1. The van der Waals surface area contributed by atoms with Gasteiger partial charge in [-0.05, 0) is 45.7 Å². The number of aliphatic hydroxyl groups excluding tert-OH is 1. The SMILES string of the molecule is CCCN1CCCC1CC(C)O. The maximum absolute atomic E-state index is 9.27. The van der Waals surface area contributed by atoms with E-state index in [2.05, 4.69) is 11.8 Å². The molecule has 1 aliphatic heterocycles. The average Bonchev–Trinajstić information content (AvgIpc) is 2.37. The predicted octanol–water partition coefficient (Wildman–Crippen LogP) is 1.63. The van der Waals surface area contributed by atoms with Crippen molar-refractivity contribution in [2.24, 2.45) is 0 Å². The fraction of sp³-hybridized carbons (Fsp3) is 1.00. The molecule has 2 atom stereocenters. The van der Waals surface area contributed by atoms with Gasteiger partial charge >= 0.3 is 0 Å². The molecule has 1 aliphatic rings. The van der Waals surface area contributed by atoms with Crippen molar-refractivity contribution in [2.75, 3.05) is 13.1 Å². The maximum Gasteiger partial charge on any atom is 0.0527 e. The number of likely N-dealkylation sites (tertiary alicyclic amines) is 1. The van der Waals surface area contributed by atoms with Crippen molar-refractivity contribution < 1.29 is 5.11 Å². The van der Waals surface area contributed by atoms with Crippen molar-refractivity contribution in [3.63, 3.8) is 0 Å². The van der Waals surface area contributed by atoms with Gasteiger partial charge in [-0.15, -0.1) is 0 Å². The number of aliphatic hydroxyl groups is 1. The summed E-state index contributed by atoms with van der Waals surface area (Å²) in [4.78, 5) is 2.52. The smallest absolute Gasteiger partial charge is 0.0527 e. The van der Waals surface area contributed by atoms with Crippen LogP contribution in [0, 0.1) is 0 Å². The van der Waals surface area contributed by atoms with Gasteiger partial charge in [0.2, 0.25) is 0 Å². The highest BCUT2D eigenvalue weighted by Gasteiger charge is 2.24. The third-order valence-corrected chi connectivity index (χ3v) is 2.62. The lowest BCUT2D eigenvalue weighted by atomic mass is 10.1. The van der Waals surface area contributed by atoms with Gasteiger partial charge in [0, 0.05) is 6.04 Å². The Morgan fingerprint density at radius 3 is 2.92 bits per heavy atom. The lowest BCUT2D eigenvalue weighted by molar-refractivity contribution is 0.134. The monoisotopic (exact) mass is 171 g/mol. The lowest BCUT2D eigenvalue weighted by Crippen LogP contribution is -2.32. The Labute approximate surface area is 75.6 Å². The van der Waals surface area contributed by atoms with Crippen LogP contribution in [0.15, 0.2) is 0 Å². The summed E-state index contributed by atoms with van der Waals surface area (Å²) in [6.07, 6.45) is 4.66. The summed E-state index contributed by atoms with van der Waals surface area (Å²) < 4.78 is 0. The Kier molecular flexibility index (Phi) is 4.02. The molecule has 0 saturated carbocycles. The number of rotatable bonds is 4. The van der Waals surface area contributed by atoms with Crippen LogP contribution < -0.4 is 0 Å². The predicted molar refractivity (Wildman–Crippen MR) is 51.2 cm³/mol. The van der Waals surface area contributed by atoms with E-state index in [0.29, 0.717) is 6.04 Å². The summed E-state index contributed by atoms with van der Waals surface area (Å²) in [5.41, 5.74) is 0. The molecule has 1 heterocycles. The minimum Gasteiger partial charge on any atom is -0.393 e. The van der Waals surface area contributed by atoms with E-state index in [1.807, 2.05) is 6.92 Å². The van der Waals surface area contributed by atoms with Crippen molar-refractivity contribution >= 4 is 0 Å². The van der Waals surface area contributed by atoms with E-state index in [1.165, 1.54) is 32.4 Å². The van der Waals surface area contributed by atoms with E-state index >= 15 is 0 Å². The second-order valence-corrected chi connectivity index (χ2v) is 3.92. The van der Waals surface area contributed by atoms with Gasteiger partial charge in [0.05, 0.1) is 6.10 Å². The highest BCUT2D eigenvalue weighted by atomic mass is 16.3. The van der Waals surface area contributed by atoms with Gasteiger partial charge in [0.1, 0.15) is 0 Å². The maximum atomic E-state index is 9.27. The highest BCUT2D eigenvalue weighted by Crippen LogP contribution is 2.21. The third kappa shape index (κ3) is 2.76. The first-order valence-electron chi connectivity index (χ1n) is 5.16. The molecular formula is C10H21NO. The zero-order chi connectivity index (χ0) is 8.97. The van der Waals surface area contributed by atoms with Crippen LogP contribution in [-0.4, -0.2) is 35.2 Å². The molecule has 72 valence electrons. The summed E-state index contributed by atoms with van der Waals surface area (Å²) in [6.45, 7) is 6.56. The standard InChI is InChI=1S/C10H21NO/c1-3-6-11-7-4-5-10(11)8-9(2)12/h9-10,12H,3-8H2,1-2H3. The molecule has 1 saturated heterocycles. The fourth-order valence-corrected chi connectivity index (χ4v) is 2.14. The molecule has 1 fully saturated rings. The molecular weight excluding hydrogens is 150 g/mol. The van der Waals surface area contributed by atoms with E-state index in [0.717, 1.165) is 6.42 Å². The topological polar surface area (TPSA) is 23.5 Å². The Morgan fingerprint density at radius 1 is 1.58 bits per heavy atom. The van der Waals surface area contributed by atoms with Crippen LogP contribution in [0.4, 0.5) is 0 Å². The van der Waals surface area contributed by atoms with Gasteiger partial charge in [-0.25, -0.2) is 0 Å². The normalized spacial score (nSPS) is 27.8. The molecule has 2 nitrogen and oxygen atoms in total. The first kappa shape index (κ1) is 10.0. The van der Waals surface area contributed by atoms with E-state index in [1.54, 1.807) is 0 Å². The minimum atomic E-state index is -0.132. The Bertz CT molecular complexity index is 125. The van der Waals surface area contributed by atoms with E-state index in [-0.39, 0.29) is 6.10 Å². The quantitative estimate of drug-likeness (QED) is 0.695. The van der Waals surface area contributed by atoms with Gasteiger partial charge < -0.3 is 10.0 Å². The second-order valence-electron chi connectivity index (χ2n) is 3.92. The Hall–Kier alpha value is -0.0800. The van der Waals surface area contributed by atoms with Gasteiger partial charge in [-0.3, -0.25) is 0 Å². The molecule has 0 aromatic rings. The van der Waals surface area contributed by atoms with Crippen molar-refractivity contribution in [3.05, 3.63) is 0 Å². The van der Waals surface area contributed by atoms with Crippen molar-refractivity contribution in [3.8, 4) is 0 Å². The third-order valence-electron chi connectivity index (χ3n) is 2.62.